The fourth-order valence-electron chi connectivity index (χ4n) is 1.65. The van der Waals surface area contributed by atoms with Crippen molar-refractivity contribution in [1.29, 1.82) is 0 Å². The number of anilines is 1. The molecular weight excluding hydrogens is 271 g/mol. The van der Waals surface area contributed by atoms with Gasteiger partial charge in [0, 0.05) is 18.3 Å². The second-order valence-corrected chi connectivity index (χ2v) is 4.26. The molecule has 1 N–H and O–H groups in total. The van der Waals surface area contributed by atoms with Crippen molar-refractivity contribution in [2.75, 3.05) is 5.32 Å². The van der Waals surface area contributed by atoms with E-state index in [0.717, 1.165) is 0 Å². The number of hydrogen-bond acceptors (Lipinski definition) is 3. The summed E-state index contributed by atoms with van der Waals surface area (Å²) in [7, 11) is 0. The van der Waals surface area contributed by atoms with Gasteiger partial charge >= 0.3 is 0 Å². The van der Waals surface area contributed by atoms with Crippen molar-refractivity contribution >= 4 is 23.0 Å². The molecule has 2 aromatic rings. The molecule has 2 aromatic carbocycles. The molecule has 0 fully saturated rings. The first-order valence-electron chi connectivity index (χ1n) is 5.49. The van der Waals surface area contributed by atoms with Crippen LogP contribution in [0.5, 0.6) is 0 Å². The van der Waals surface area contributed by atoms with Crippen LogP contribution in [-0.2, 0) is 6.54 Å². The number of rotatable bonds is 4. The van der Waals surface area contributed by atoms with Crippen LogP contribution in [0.15, 0.2) is 42.5 Å². The lowest BCUT2D eigenvalue weighted by atomic mass is 10.1. The van der Waals surface area contributed by atoms with Crippen LogP contribution in [0, 0.1) is 15.9 Å². The van der Waals surface area contributed by atoms with Gasteiger partial charge in [0.25, 0.3) is 5.69 Å². The highest BCUT2D eigenvalue weighted by atomic mass is 35.5. The Hall–Kier alpha value is -2.14. The van der Waals surface area contributed by atoms with Crippen LogP contribution in [0.25, 0.3) is 0 Å². The summed E-state index contributed by atoms with van der Waals surface area (Å²) in [5.41, 5.74) is 1.02. The molecule has 0 aliphatic heterocycles. The summed E-state index contributed by atoms with van der Waals surface area (Å²) < 4.78 is 12.7. The number of hydrogen-bond donors (Lipinski definition) is 1. The minimum absolute atomic E-state index is 0.0397. The molecule has 6 heteroatoms. The van der Waals surface area contributed by atoms with Crippen LogP contribution >= 0.6 is 11.6 Å². The van der Waals surface area contributed by atoms with Crippen LogP contribution in [-0.4, -0.2) is 4.92 Å². The van der Waals surface area contributed by atoms with Gasteiger partial charge in [0.1, 0.15) is 5.82 Å². The number of nitro benzene ring substituents is 1. The molecule has 0 heterocycles. The maximum absolute atomic E-state index is 12.7. The Balaban J connectivity index is 2.19. The Bertz CT molecular complexity index is 602. The Morgan fingerprint density at radius 1 is 1.21 bits per heavy atom. The fourth-order valence-corrected chi connectivity index (χ4v) is 1.89. The maximum Gasteiger partial charge on any atom is 0.275 e. The molecule has 0 aliphatic carbocycles. The molecule has 19 heavy (non-hydrogen) atoms. The fraction of sp³-hybridized carbons (Fsp3) is 0.0769. The molecule has 0 saturated carbocycles. The average molecular weight is 281 g/mol. The van der Waals surface area contributed by atoms with Crippen LogP contribution in [0.1, 0.15) is 5.56 Å². The zero-order valence-electron chi connectivity index (χ0n) is 9.77. The van der Waals surface area contributed by atoms with Crippen molar-refractivity contribution in [3.63, 3.8) is 0 Å². The highest BCUT2D eigenvalue weighted by Gasteiger charge is 2.15. The SMILES string of the molecule is O=[N+]([O-])c1cccc(Cl)c1CNc1ccc(F)cc1. The molecule has 0 radical (unpaired) electrons. The van der Waals surface area contributed by atoms with Gasteiger partial charge in [-0.05, 0) is 30.3 Å². The predicted molar refractivity (Wildman–Crippen MR) is 71.8 cm³/mol. The topological polar surface area (TPSA) is 55.2 Å². The predicted octanol–water partition coefficient (Wildman–Crippen LogP) is 4.00. The van der Waals surface area contributed by atoms with Crippen molar-refractivity contribution in [3.8, 4) is 0 Å². The zero-order valence-corrected chi connectivity index (χ0v) is 10.5. The molecule has 0 unspecified atom stereocenters. The van der Waals surface area contributed by atoms with E-state index in [1.165, 1.54) is 24.3 Å². The van der Waals surface area contributed by atoms with E-state index in [2.05, 4.69) is 5.32 Å². The lowest BCUT2D eigenvalue weighted by molar-refractivity contribution is -0.385. The summed E-state index contributed by atoms with van der Waals surface area (Å²) in [6, 6.07) is 10.2. The largest absolute Gasteiger partial charge is 0.381 e. The van der Waals surface area contributed by atoms with Gasteiger partial charge < -0.3 is 5.32 Å². The van der Waals surface area contributed by atoms with Gasteiger partial charge in [0.05, 0.1) is 15.5 Å². The summed E-state index contributed by atoms with van der Waals surface area (Å²) in [6.45, 7) is 0.196. The molecule has 2 rings (SSSR count). The van der Waals surface area contributed by atoms with Crippen molar-refractivity contribution in [2.24, 2.45) is 0 Å². The average Bonchev–Trinajstić information content (AvgIpc) is 2.39. The summed E-state index contributed by atoms with van der Waals surface area (Å²) in [6.07, 6.45) is 0. The van der Waals surface area contributed by atoms with Gasteiger partial charge in [0.15, 0.2) is 0 Å². The maximum atomic E-state index is 12.7. The standard InChI is InChI=1S/C13H10ClFN2O2/c14-12-2-1-3-13(17(18)19)11(12)8-16-10-6-4-9(15)5-7-10/h1-7,16H,8H2. The van der Waals surface area contributed by atoms with Gasteiger partial charge in [-0.15, -0.1) is 0 Å². The van der Waals surface area contributed by atoms with Gasteiger partial charge in [-0.25, -0.2) is 4.39 Å². The monoisotopic (exact) mass is 280 g/mol. The molecule has 98 valence electrons. The number of halogens is 2. The minimum atomic E-state index is -0.479. The third-order valence-corrected chi connectivity index (χ3v) is 2.96. The van der Waals surface area contributed by atoms with E-state index in [-0.39, 0.29) is 18.0 Å². The summed E-state index contributed by atoms with van der Waals surface area (Å²) >= 11 is 5.96. The van der Waals surface area contributed by atoms with E-state index >= 15 is 0 Å². The van der Waals surface area contributed by atoms with Crippen molar-refractivity contribution in [1.82, 2.24) is 0 Å². The third-order valence-electron chi connectivity index (χ3n) is 2.60. The van der Waals surface area contributed by atoms with E-state index in [0.29, 0.717) is 16.3 Å². The van der Waals surface area contributed by atoms with E-state index in [1.807, 2.05) is 0 Å². The zero-order chi connectivity index (χ0) is 13.8. The van der Waals surface area contributed by atoms with Crippen molar-refractivity contribution < 1.29 is 9.31 Å². The quantitative estimate of drug-likeness (QED) is 0.680. The minimum Gasteiger partial charge on any atom is -0.381 e. The third kappa shape index (κ3) is 3.20. The van der Waals surface area contributed by atoms with Crippen molar-refractivity contribution in [2.45, 2.75) is 6.54 Å². The van der Waals surface area contributed by atoms with Crippen LogP contribution < -0.4 is 5.32 Å². The summed E-state index contributed by atoms with van der Waals surface area (Å²) in [5.74, 6) is -0.339. The Labute approximate surface area is 114 Å². The van der Waals surface area contributed by atoms with Gasteiger partial charge in [-0.3, -0.25) is 10.1 Å². The summed E-state index contributed by atoms with van der Waals surface area (Å²) in [4.78, 5) is 10.4. The molecule has 0 spiro atoms. The first kappa shape index (κ1) is 13.3. The molecule has 0 aromatic heterocycles. The molecule has 4 nitrogen and oxygen atoms in total. The number of nitrogens with zero attached hydrogens (tertiary/aromatic N) is 1. The Morgan fingerprint density at radius 3 is 2.53 bits per heavy atom. The van der Waals surface area contributed by atoms with Gasteiger partial charge in [-0.2, -0.15) is 0 Å². The van der Waals surface area contributed by atoms with E-state index in [1.54, 1.807) is 18.2 Å². The molecule has 0 saturated heterocycles. The molecule has 0 bridgehead atoms. The molecular formula is C13H10ClFN2O2. The highest BCUT2D eigenvalue weighted by Crippen LogP contribution is 2.27. The van der Waals surface area contributed by atoms with Gasteiger partial charge in [0.2, 0.25) is 0 Å². The van der Waals surface area contributed by atoms with E-state index in [4.69, 9.17) is 11.6 Å². The molecule has 0 atom stereocenters. The molecule has 0 amide bonds. The smallest absolute Gasteiger partial charge is 0.275 e. The Morgan fingerprint density at radius 2 is 1.89 bits per heavy atom. The second-order valence-electron chi connectivity index (χ2n) is 3.86. The van der Waals surface area contributed by atoms with Gasteiger partial charge in [-0.1, -0.05) is 17.7 Å². The Kier molecular flexibility index (Phi) is 3.97. The number of nitro groups is 1. The van der Waals surface area contributed by atoms with E-state index in [9.17, 15) is 14.5 Å². The van der Waals surface area contributed by atoms with Crippen LogP contribution in [0.4, 0.5) is 15.8 Å². The highest BCUT2D eigenvalue weighted by molar-refractivity contribution is 6.31. The second kappa shape index (κ2) is 5.67. The lowest BCUT2D eigenvalue weighted by Crippen LogP contribution is -2.03. The first-order chi connectivity index (χ1) is 9.08. The number of benzene rings is 2. The number of nitrogens with one attached hydrogen (secondary N) is 1. The van der Waals surface area contributed by atoms with Crippen LogP contribution in [0.2, 0.25) is 5.02 Å². The van der Waals surface area contributed by atoms with Crippen molar-refractivity contribution in [3.05, 3.63) is 69.0 Å². The normalized spacial score (nSPS) is 10.2. The first-order valence-corrected chi connectivity index (χ1v) is 5.87. The van der Waals surface area contributed by atoms with Crippen LogP contribution in [0.3, 0.4) is 0 Å². The summed E-state index contributed by atoms with van der Waals surface area (Å²) in [5, 5.41) is 14.2. The van der Waals surface area contributed by atoms with E-state index < -0.39 is 4.92 Å². The molecule has 0 aliphatic rings. The lowest BCUT2D eigenvalue weighted by Gasteiger charge is -2.08.